The minimum Gasteiger partial charge on any atom is -0.469 e. The van der Waals surface area contributed by atoms with Gasteiger partial charge in [-0.25, -0.2) is 0 Å². The average Bonchev–Trinajstić information content (AvgIpc) is 2.56. The van der Waals surface area contributed by atoms with Gasteiger partial charge in [0, 0.05) is 12.3 Å². The summed E-state index contributed by atoms with van der Waals surface area (Å²) >= 11 is 18.5. The number of ether oxygens (including phenoxy) is 1. The van der Waals surface area contributed by atoms with Crippen LogP contribution < -0.4 is 0 Å². The molecule has 0 saturated heterocycles. The highest BCUT2D eigenvalue weighted by molar-refractivity contribution is 6.67. The van der Waals surface area contributed by atoms with E-state index in [9.17, 15) is 4.79 Å². The monoisotopic (exact) mass is 414 g/mol. The van der Waals surface area contributed by atoms with E-state index in [0.717, 1.165) is 51.4 Å². The Bertz CT molecular complexity index is 317. The molecule has 150 valence electrons. The van der Waals surface area contributed by atoms with Crippen molar-refractivity contribution in [2.24, 2.45) is 5.92 Å². The van der Waals surface area contributed by atoms with Gasteiger partial charge in [0.2, 0.25) is 0 Å². The first-order chi connectivity index (χ1) is 11.9. The fourth-order valence-electron chi connectivity index (χ4n) is 3.11. The number of hydrogen-bond donors (Lipinski definition) is 0. The zero-order chi connectivity index (χ0) is 19.0. The van der Waals surface area contributed by atoms with Gasteiger partial charge in [0.25, 0.3) is 0 Å². The first kappa shape index (κ1) is 25.3. The topological polar surface area (TPSA) is 26.3 Å². The second-order valence-corrected chi connectivity index (χ2v) is 9.40. The lowest BCUT2D eigenvalue weighted by atomic mass is 9.95. The van der Waals surface area contributed by atoms with Crippen LogP contribution in [0, 0.1) is 5.92 Å². The fraction of sp³-hybridized carbons (Fsp3) is 0.950. The maximum Gasteiger partial charge on any atom is 0.305 e. The molecule has 1 unspecified atom stereocenters. The summed E-state index contributed by atoms with van der Waals surface area (Å²) in [6.45, 7) is 2.24. The molecule has 0 radical (unpaired) electrons. The molecule has 0 N–H and O–H groups in total. The zero-order valence-electron chi connectivity index (χ0n) is 16.1. The van der Waals surface area contributed by atoms with Crippen molar-refractivity contribution in [2.45, 2.75) is 107 Å². The van der Waals surface area contributed by atoms with Gasteiger partial charge in [-0.1, -0.05) is 112 Å². The van der Waals surface area contributed by atoms with Gasteiger partial charge in [0.05, 0.1) is 7.11 Å². The van der Waals surface area contributed by atoms with Gasteiger partial charge < -0.3 is 4.74 Å². The molecule has 0 aromatic rings. The lowest BCUT2D eigenvalue weighted by molar-refractivity contribution is -0.140. The summed E-state index contributed by atoms with van der Waals surface area (Å²) in [7, 11) is 1.43. The molecule has 2 nitrogen and oxygen atoms in total. The normalized spacial score (nSPS) is 13.0. The van der Waals surface area contributed by atoms with Crippen molar-refractivity contribution in [3.05, 3.63) is 0 Å². The Balaban J connectivity index is 3.74. The second kappa shape index (κ2) is 16.5. The Morgan fingerprint density at radius 1 is 0.800 bits per heavy atom. The Morgan fingerprint density at radius 3 is 1.68 bits per heavy atom. The quantitative estimate of drug-likeness (QED) is 0.145. The number of rotatable bonds is 16. The third-order valence-electron chi connectivity index (χ3n) is 4.78. The number of alkyl halides is 3. The Morgan fingerprint density at radius 2 is 1.24 bits per heavy atom. The molecule has 0 aromatic heterocycles. The minimum atomic E-state index is -1.15. The molecule has 0 aliphatic heterocycles. The largest absolute Gasteiger partial charge is 0.469 e. The smallest absolute Gasteiger partial charge is 0.305 e. The molecule has 0 bridgehead atoms. The maximum absolute atomic E-state index is 11.0. The first-order valence-electron chi connectivity index (χ1n) is 10.0. The summed E-state index contributed by atoms with van der Waals surface area (Å²) in [6, 6.07) is 0. The molecule has 0 saturated carbocycles. The number of unbranched alkanes of at least 4 members (excludes halogenated alkanes) is 10. The molecule has 0 spiro atoms. The molecular formula is C20H37Cl3O2. The number of methoxy groups -OCH3 is 1. The standard InChI is InChI=1S/C20H37Cl3O2/c1-3-4-5-6-7-9-12-15-18(20(21,22)23)16-13-10-8-11-14-17-19(24)25-2/h18H,3-17H2,1-2H3. The van der Waals surface area contributed by atoms with E-state index in [2.05, 4.69) is 11.7 Å². The van der Waals surface area contributed by atoms with E-state index in [0.29, 0.717) is 6.42 Å². The van der Waals surface area contributed by atoms with Crippen LogP contribution in [-0.4, -0.2) is 16.9 Å². The van der Waals surface area contributed by atoms with Crippen LogP contribution in [0.15, 0.2) is 0 Å². The summed E-state index contributed by atoms with van der Waals surface area (Å²) in [5, 5.41) is 0. The van der Waals surface area contributed by atoms with Crippen LogP contribution in [0.5, 0.6) is 0 Å². The highest BCUT2D eigenvalue weighted by Gasteiger charge is 2.31. The number of carbonyl (C=O) groups is 1. The van der Waals surface area contributed by atoms with Gasteiger partial charge in [-0.3, -0.25) is 4.79 Å². The van der Waals surface area contributed by atoms with E-state index in [1.54, 1.807) is 0 Å². The number of halogens is 3. The predicted octanol–water partition coefficient (Wildman–Crippen LogP) is 8.02. The summed E-state index contributed by atoms with van der Waals surface area (Å²) < 4.78 is 3.49. The van der Waals surface area contributed by atoms with Crippen molar-refractivity contribution in [3.63, 3.8) is 0 Å². The van der Waals surface area contributed by atoms with E-state index < -0.39 is 3.79 Å². The van der Waals surface area contributed by atoms with Gasteiger partial charge in [-0.15, -0.1) is 0 Å². The van der Waals surface area contributed by atoms with Crippen molar-refractivity contribution in [1.29, 1.82) is 0 Å². The lowest BCUT2D eigenvalue weighted by Crippen LogP contribution is -2.19. The Hall–Kier alpha value is 0.340. The highest BCUT2D eigenvalue weighted by atomic mass is 35.6. The summed E-state index contributed by atoms with van der Waals surface area (Å²) in [6.07, 6.45) is 16.8. The molecule has 0 rings (SSSR count). The van der Waals surface area contributed by atoms with Gasteiger partial charge in [-0.05, 0) is 19.3 Å². The van der Waals surface area contributed by atoms with Gasteiger partial charge in [0.1, 0.15) is 0 Å². The molecule has 0 heterocycles. The third kappa shape index (κ3) is 16.3. The number of hydrogen-bond acceptors (Lipinski definition) is 2. The third-order valence-corrected chi connectivity index (χ3v) is 5.71. The summed E-state index contributed by atoms with van der Waals surface area (Å²) in [5.74, 6) is 0.0363. The molecule has 1 atom stereocenters. The van der Waals surface area contributed by atoms with Crippen LogP contribution in [0.25, 0.3) is 0 Å². The van der Waals surface area contributed by atoms with Gasteiger partial charge >= 0.3 is 5.97 Å². The number of esters is 1. The SMILES string of the molecule is CCCCCCCCCC(CCCCCCCC(=O)OC)C(Cl)(Cl)Cl. The van der Waals surface area contributed by atoms with Crippen molar-refractivity contribution in [1.82, 2.24) is 0 Å². The van der Waals surface area contributed by atoms with E-state index in [4.69, 9.17) is 34.8 Å². The predicted molar refractivity (Wildman–Crippen MR) is 111 cm³/mol. The van der Waals surface area contributed by atoms with Crippen LogP contribution in [-0.2, 0) is 9.53 Å². The van der Waals surface area contributed by atoms with Crippen LogP contribution in [0.1, 0.15) is 103 Å². The van der Waals surface area contributed by atoms with Gasteiger partial charge in [0.15, 0.2) is 3.79 Å². The Kier molecular flexibility index (Phi) is 16.7. The first-order valence-corrected chi connectivity index (χ1v) is 11.2. The van der Waals surface area contributed by atoms with Crippen molar-refractivity contribution in [2.75, 3.05) is 7.11 Å². The number of carbonyl (C=O) groups excluding carboxylic acids is 1. The maximum atomic E-state index is 11.0. The van der Waals surface area contributed by atoms with Crippen LogP contribution in [0.2, 0.25) is 0 Å². The van der Waals surface area contributed by atoms with E-state index in [1.165, 1.54) is 45.6 Å². The summed E-state index contributed by atoms with van der Waals surface area (Å²) in [5.41, 5.74) is 0. The van der Waals surface area contributed by atoms with E-state index >= 15 is 0 Å². The molecule has 0 aliphatic rings. The summed E-state index contributed by atoms with van der Waals surface area (Å²) in [4.78, 5) is 11.0. The van der Waals surface area contributed by atoms with Crippen molar-refractivity contribution < 1.29 is 9.53 Å². The lowest BCUT2D eigenvalue weighted by Gasteiger charge is -2.24. The van der Waals surface area contributed by atoms with Crippen LogP contribution >= 0.6 is 34.8 Å². The minimum absolute atomic E-state index is 0.119. The van der Waals surface area contributed by atoms with Crippen LogP contribution in [0.3, 0.4) is 0 Å². The van der Waals surface area contributed by atoms with Crippen molar-refractivity contribution >= 4 is 40.8 Å². The molecule has 0 amide bonds. The zero-order valence-corrected chi connectivity index (χ0v) is 18.4. The molecular weight excluding hydrogens is 379 g/mol. The van der Waals surface area contributed by atoms with Gasteiger partial charge in [-0.2, -0.15) is 0 Å². The average molecular weight is 416 g/mol. The molecule has 0 fully saturated rings. The highest BCUT2D eigenvalue weighted by Crippen LogP contribution is 2.41. The van der Waals surface area contributed by atoms with Crippen molar-refractivity contribution in [3.8, 4) is 0 Å². The molecule has 0 aromatic carbocycles. The second-order valence-electron chi connectivity index (χ2n) is 7.03. The Labute approximate surface area is 170 Å². The van der Waals surface area contributed by atoms with Crippen LogP contribution in [0.4, 0.5) is 0 Å². The molecule has 25 heavy (non-hydrogen) atoms. The van der Waals surface area contributed by atoms with E-state index in [1.807, 2.05) is 0 Å². The molecule has 0 aliphatic carbocycles. The van der Waals surface area contributed by atoms with E-state index in [-0.39, 0.29) is 11.9 Å². The fourth-order valence-corrected chi connectivity index (χ4v) is 3.77. The molecule has 5 heteroatoms.